The van der Waals surface area contributed by atoms with Crippen molar-refractivity contribution in [3.05, 3.63) is 47.7 Å². The number of hydrogen-bond donors (Lipinski definition) is 2. The molecule has 0 saturated carbocycles. The third kappa shape index (κ3) is 4.45. The van der Waals surface area contributed by atoms with Gasteiger partial charge in [0.1, 0.15) is 6.54 Å². The van der Waals surface area contributed by atoms with Crippen molar-refractivity contribution < 1.29 is 9.59 Å². The van der Waals surface area contributed by atoms with E-state index in [1.807, 2.05) is 30.3 Å². The molecule has 3 N–H and O–H groups in total. The number of primary amides is 1. The molecule has 2 amide bonds. The molecule has 0 aliphatic heterocycles. The summed E-state index contributed by atoms with van der Waals surface area (Å²) in [5.41, 5.74) is 7.01. The van der Waals surface area contributed by atoms with Crippen molar-refractivity contribution in [3.63, 3.8) is 0 Å². The zero-order chi connectivity index (χ0) is 15.2. The SMILES string of the molecule is Cc1cc(NC(=O)CCc2ccccc2)nn1CC(N)=O. The van der Waals surface area contributed by atoms with Crippen LogP contribution in [0.3, 0.4) is 0 Å². The van der Waals surface area contributed by atoms with E-state index in [9.17, 15) is 9.59 Å². The van der Waals surface area contributed by atoms with Gasteiger partial charge in [-0.15, -0.1) is 0 Å². The van der Waals surface area contributed by atoms with Gasteiger partial charge in [-0.05, 0) is 18.9 Å². The average molecular weight is 286 g/mol. The van der Waals surface area contributed by atoms with Gasteiger partial charge in [0.2, 0.25) is 11.8 Å². The summed E-state index contributed by atoms with van der Waals surface area (Å²) in [4.78, 5) is 22.8. The van der Waals surface area contributed by atoms with Gasteiger partial charge in [-0.1, -0.05) is 30.3 Å². The number of nitrogens with one attached hydrogen (secondary N) is 1. The van der Waals surface area contributed by atoms with Crippen molar-refractivity contribution in [2.24, 2.45) is 5.73 Å². The van der Waals surface area contributed by atoms with Gasteiger partial charge >= 0.3 is 0 Å². The molecule has 0 spiro atoms. The van der Waals surface area contributed by atoms with Crippen LogP contribution in [-0.2, 0) is 22.6 Å². The minimum atomic E-state index is -0.469. The van der Waals surface area contributed by atoms with Crippen LogP contribution in [-0.4, -0.2) is 21.6 Å². The fourth-order valence-corrected chi connectivity index (χ4v) is 1.99. The minimum Gasteiger partial charge on any atom is -0.368 e. The first kappa shape index (κ1) is 14.8. The number of nitrogens with zero attached hydrogens (tertiary/aromatic N) is 2. The summed E-state index contributed by atoms with van der Waals surface area (Å²) in [5, 5.41) is 6.85. The van der Waals surface area contributed by atoms with Crippen LogP contribution in [0.1, 0.15) is 17.7 Å². The Balaban J connectivity index is 1.89. The molecule has 1 heterocycles. The smallest absolute Gasteiger partial charge is 0.239 e. The molecule has 0 aliphatic rings. The quantitative estimate of drug-likeness (QED) is 0.837. The second-order valence-corrected chi connectivity index (χ2v) is 4.83. The summed E-state index contributed by atoms with van der Waals surface area (Å²) in [7, 11) is 0. The molecule has 0 saturated heterocycles. The van der Waals surface area contributed by atoms with Gasteiger partial charge in [0.15, 0.2) is 5.82 Å². The number of carbonyl (C=O) groups excluding carboxylic acids is 2. The Morgan fingerprint density at radius 2 is 2.00 bits per heavy atom. The van der Waals surface area contributed by atoms with E-state index in [4.69, 9.17) is 5.73 Å². The summed E-state index contributed by atoms with van der Waals surface area (Å²) in [6.07, 6.45) is 1.05. The number of amides is 2. The summed E-state index contributed by atoms with van der Waals surface area (Å²) < 4.78 is 1.47. The molecule has 6 nitrogen and oxygen atoms in total. The molecule has 1 aromatic heterocycles. The summed E-state index contributed by atoms with van der Waals surface area (Å²) in [5.74, 6) is -0.141. The topological polar surface area (TPSA) is 90.0 Å². The predicted octanol–water partition coefficient (Wildman–Crippen LogP) is 1.25. The average Bonchev–Trinajstić information content (AvgIpc) is 2.77. The third-order valence-corrected chi connectivity index (χ3v) is 3.04. The number of aryl methyl sites for hydroxylation is 2. The van der Waals surface area contributed by atoms with Gasteiger partial charge < -0.3 is 11.1 Å². The van der Waals surface area contributed by atoms with Crippen LogP contribution in [0.4, 0.5) is 5.82 Å². The van der Waals surface area contributed by atoms with Crippen LogP contribution < -0.4 is 11.1 Å². The maximum Gasteiger partial charge on any atom is 0.239 e. The van der Waals surface area contributed by atoms with Crippen LogP contribution in [0, 0.1) is 6.92 Å². The molecule has 2 aromatic rings. The first-order valence-corrected chi connectivity index (χ1v) is 6.71. The van der Waals surface area contributed by atoms with Crippen molar-refractivity contribution >= 4 is 17.6 Å². The molecule has 21 heavy (non-hydrogen) atoms. The summed E-state index contributed by atoms with van der Waals surface area (Å²) in [6, 6.07) is 11.5. The molecule has 0 aliphatic carbocycles. The van der Waals surface area contributed by atoms with Crippen molar-refractivity contribution in [2.75, 3.05) is 5.32 Å². The van der Waals surface area contributed by atoms with Gasteiger partial charge in [-0.25, -0.2) is 0 Å². The maximum atomic E-state index is 11.9. The lowest BCUT2D eigenvalue weighted by Gasteiger charge is -2.02. The molecule has 2 rings (SSSR count). The Labute approximate surface area is 122 Å². The van der Waals surface area contributed by atoms with Gasteiger partial charge in [0, 0.05) is 18.2 Å². The highest BCUT2D eigenvalue weighted by atomic mass is 16.2. The number of benzene rings is 1. The van der Waals surface area contributed by atoms with E-state index >= 15 is 0 Å². The number of rotatable bonds is 6. The normalized spacial score (nSPS) is 10.3. The van der Waals surface area contributed by atoms with E-state index in [0.29, 0.717) is 18.7 Å². The Bertz CT molecular complexity index is 634. The fraction of sp³-hybridized carbons (Fsp3) is 0.267. The van der Waals surface area contributed by atoms with Crippen LogP contribution in [0.2, 0.25) is 0 Å². The number of anilines is 1. The fourth-order valence-electron chi connectivity index (χ4n) is 1.99. The van der Waals surface area contributed by atoms with Crippen LogP contribution in [0.25, 0.3) is 0 Å². The molecular weight excluding hydrogens is 268 g/mol. The van der Waals surface area contributed by atoms with E-state index in [2.05, 4.69) is 10.4 Å². The first-order chi connectivity index (χ1) is 10.0. The lowest BCUT2D eigenvalue weighted by atomic mass is 10.1. The highest BCUT2D eigenvalue weighted by Crippen LogP contribution is 2.10. The highest BCUT2D eigenvalue weighted by Gasteiger charge is 2.09. The van der Waals surface area contributed by atoms with Crippen LogP contribution in [0.5, 0.6) is 0 Å². The summed E-state index contributed by atoms with van der Waals surface area (Å²) >= 11 is 0. The number of nitrogens with two attached hydrogens (primary N) is 1. The van der Waals surface area contributed by atoms with E-state index in [0.717, 1.165) is 11.3 Å². The van der Waals surface area contributed by atoms with Crippen LogP contribution in [0.15, 0.2) is 36.4 Å². The van der Waals surface area contributed by atoms with Gasteiger partial charge in [0.05, 0.1) is 0 Å². The molecule has 110 valence electrons. The second-order valence-electron chi connectivity index (χ2n) is 4.83. The van der Waals surface area contributed by atoms with Gasteiger partial charge in [-0.3, -0.25) is 14.3 Å². The van der Waals surface area contributed by atoms with E-state index in [-0.39, 0.29) is 12.5 Å². The van der Waals surface area contributed by atoms with Crippen molar-refractivity contribution in [2.45, 2.75) is 26.3 Å². The van der Waals surface area contributed by atoms with E-state index in [1.54, 1.807) is 13.0 Å². The van der Waals surface area contributed by atoms with Crippen LogP contribution >= 0.6 is 0 Å². The van der Waals surface area contributed by atoms with Gasteiger partial charge in [0.25, 0.3) is 0 Å². The predicted molar refractivity (Wildman–Crippen MR) is 79.6 cm³/mol. The first-order valence-electron chi connectivity index (χ1n) is 6.71. The Morgan fingerprint density at radius 1 is 1.29 bits per heavy atom. The molecule has 0 fully saturated rings. The minimum absolute atomic E-state index is 0.00567. The van der Waals surface area contributed by atoms with Gasteiger partial charge in [-0.2, -0.15) is 5.10 Å². The number of hydrogen-bond acceptors (Lipinski definition) is 3. The number of carbonyl (C=O) groups is 2. The Kier molecular flexibility index (Phi) is 4.71. The molecule has 0 radical (unpaired) electrons. The molecule has 0 unspecified atom stereocenters. The van der Waals surface area contributed by atoms with Crippen molar-refractivity contribution in [3.8, 4) is 0 Å². The lowest BCUT2D eigenvalue weighted by Crippen LogP contribution is -2.20. The monoisotopic (exact) mass is 286 g/mol. The van der Waals surface area contributed by atoms with E-state index in [1.165, 1.54) is 4.68 Å². The Morgan fingerprint density at radius 3 is 2.67 bits per heavy atom. The largest absolute Gasteiger partial charge is 0.368 e. The molecule has 6 heteroatoms. The van der Waals surface area contributed by atoms with Crippen molar-refractivity contribution in [1.29, 1.82) is 0 Å². The number of aromatic nitrogens is 2. The molecule has 1 aromatic carbocycles. The zero-order valence-electron chi connectivity index (χ0n) is 11.9. The molecular formula is C15H18N4O2. The zero-order valence-corrected chi connectivity index (χ0v) is 11.9. The Hall–Kier alpha value is -2.63. The lowest BCUT2D eigenvalue weighted by molar-refractivity contribution is -0.118. The van der Waals surface area contributed by atoms with Crippen molar-refractivity contribution in [1.82, 2.24) is 9.78 Å². The van der Waals surface area contributed by atoms with E-state index < -0.39 is 5.91 Å². The molecule has 0 bridgehead atoms. The standard InChI is InChI=1S/C15H18N4O2/c1-11-9-14(18-19(11)10-13(16)20)17-15(21)8-7-12-5-3-2-4-6-12/h2-6,9H,7-8,10H2,1H3,(H2,16,20)(H,17,18,21). The maximum absolute atomic E-state index is 11.9. The summed E-state index contributed by atoms with van der Waals surface area (Å²) in [6.45, 7) is 1.81. The second kappa shape index (κ2) is 6.69. The highest BCUT2D eigenvalue weighted by molar-refractivity contribution is 5.89. The third-order valence-electron chi connectivity index (χ3n) is 3.04. The molecule has 0 atom stereocenters.